The van der Waals surface area contributed by atoms with Gasteiger partial charge in [0, 0.05) is 37.8 Å². The van der Waals surface area contributed by atoms with E-state index in [1.807, 2.05) is 47.6 Å². The molecule has 1 fully saturated rings. The molecule has 0 N–H and O–H groups in total. The summed E-state index contributed by atoms with van der Waals surface area (Å²) in [5.74, 6) is 0.163. The maximum atomic E-state index is 12.4. The summed E-state index contributed by atoms with van der Waals surface area (Å²) in [5.41, 5.74) is 2.45. The molecule has 0 saturated carbocycles. The topological polar surface area (TPSA) is 54.7 Å². The van der Waals surface area contributed by atoms with Gasteiger partial charge in [0.2, 0.25) is 0 Å². The predicted octanol–water partition coefficient (Wildman–Crippen LogP) is 3.55. The molecule has 2 aromatic rings. The fourth-order valence-electron chi connectivity index (χ4n) is 3.16. The lowest BCUT2D eigenvalue weighted by Gasteiger charge is -2.14. The zero-order valence-corrected chi connectivity index (χ0v) is 15.7. The number of carbonyl (C=O) groups excluding carboxylic acids is 2. The molecule has 1 aliphatic heterocycles. The molecular weight excluding hydrogens is 334 g/mol. The fraction of sp³-hybridized carbons (Fsp3) is 0.421. The molecule has 5 nitrogen and oxygen atoms in total. The average molecular weight is 357 g/mol. The van der Waals surface area contributed by atoms with Gasteiger partial charge in [-0.3, -0.25) is 9.59 Å². The third kappa shape index (κ3) is 3.58. The van der Waals surface area contributed by atoms with Crippen molar-refractivity contribution in [2.24, 2.45) is 4.99 Å². The number of amides is 1. The normalized spacial score (nSPS) is 15.0. The van der Waals surface area contributed by atoms with Crippen molar-refractivity contribution >= 4 is 28.7 Å². The van der Waals surface area contributed by atoms with Gasteiger partial charge in [0.05, 0.1) is 10.6 Å². The van der Waals surface area contributed by atoms with E-state index in [1.165, 1.54) is 11.3 Å². The SMILES string of the molecule is CCn1c(C)c(C(C)=O)sc1=Nc1ccc(C(=O)N2CCCC2)cc1. The first kappa shape index (κ1) is 17.6. The molecule has 0 spiro atoms. The molecule has 1 saturated heterocycles. The second-order valence-corrected chi connectivity index (χ2v) is 7.24. The number of Topliss-reactive ketones (excluding diaryl/α,β-unsaturated/α-hetero) is 1. The molecule has 0 unspecified atom stereocenters. The van der Waals surface area contributed by atoms with Crippen molar-refractivity contribution in [2.75, 3.05) is 13.1 Å². The molecular formula is C19H23N3O2S. The minimum absolute atomic E-state index is 0.0673. The monoisotopic (exact) mass is 357 g/mol. The number of hydrogen-bond donors (Lipinski definition) is 0. The van der Waals surface area contributed by atoms with Crippen molar-refractivity contribution in [1.29, 1.82) is 0 Å². The number of ketones is 1. The van der Waals surface area contributed by atoms with Crippen LogP contribution in [0.1, 0.15) is 52.4 Å². The Balaban J connectivity index is 1.90. The predicted molar refractivity (Wildman–Crippen MR) is 99.5 cm³/mol. The van der Waals surface area contributed by atoms with Gasteiger partial charge in [-0.1, -0.05) is 11.3 Å². The lowest BCUT2D eigenvalue weighted by atomic mass is 10.2. The van der Waals surface area contributed by atoms with Crippen molar-refractivity contribution in [2.45, 2.75) is 40.2 Å². The van der Waals surface area contributed by atoms with Crippen molar-refractivity contribution in [1.82, 2.24) is 9.47 Å². The third-order valence-corrected chi connectivity index (χ3v) is 5.81. The van der Waals surface area contributed by atoms with E-state index < -0.39 is 0 Å². The summed E-state index contributed by atoms with van der Waals surface area (Å²) in [5, 5.41) is 0. The number of aromatic nitrogens is 1. The van der Waals surface area contributed by atoms with E-state index in [0.717, 1.165) is 53.5 Å². The van der Waals surface area contributed by atoms with E-state index in [0.29, 0.717) is 5.56 Å². The van der Waals surface area contributed by atoms with Gasteiger partial charge in [0.25, 0.3) is 5.91 Å². The number of thiazole rings is 1. The highest BCUT2D eigenvalue weighted by Crippen LogP contribution is 2.18. The maximum absolute atomic E-state index is 12.4. The molecule has 25 heavy (non-hydrogen) atoms. The first-order valence-corrected chi connectivity index (χ1v) is 9.48. The summed E-state index contributed by atoms with van der Waals surface area (Å²) < 4.78 is 2.05. The highest BCUT2D eigenvalue weighted by atomic mass is 32.1. The number of nitrogens with zero attached hydrogens (tertiary/aromatic N) is 3. The quantitative estimate of drug-likeness (QED) is 0.786. The minimum atomic E-state index is 0.0673. The zero-order chi connectivity index (χ0) is 18.0. The van der Waals surface area contributed by atoms with Gasteiger partial charge >= 0.3 is 0 Å². The Morgan fingerprint density at radius 2 is 1.80 bits per heavy atom. The summed E-state index contributed by atoms with van der Waals surface area (Å²) in [6, 6.07) is 7.40. The minimum Gasteiger partial charge on any atom is -0.339 e. The van der Waals surface area contributed by atoms with Crippen molar-refractivity contribution in [3.05, 3.63) is 45.2 Å². The van der Waals surface area contributed by atoms with Gasteiger partial charge in [-0.15, -0.1) is 0 Å². The molecule has 1 aromatic carbocycles. The van der Waals surface area contributed by atoms with Crippen LogP contribution in [0.3, 0.4) is 0 Å². The van der Waals surface area contributed by atoms with Crippen LogP contribution in [0.2, 0.25) is 0 Å². The summed E-state index contributed by atoms with van der Waals surface area (Å²) >= 11 is 1.42. The standard InChI is InChI=1S/C19H23N3O2S/c1-4-22-13(2)17(14(3)23)25-19(22)20-16-9-7-15(8-10-16)18(24)21-11-5-6-12-21/h7-10H,4-6,11-12H2,1-3H3. The second-order valence-electron chi connectivity index (χ2n) is 6.26. The van der Waals surface area contributed by atoms with Crippen LogP contribution in [0.4, 0.5) is 5.69 Å². The summed E-state index contributed by atoms with van der Waals surface area (Å²) in [6.45, 7) is 8.04. The second kappa shape index (κ2) is 7.35. The van der Waals surface area contributed by atoms with Crippen LogP contribution in [0, 0.1) is 6.92 Å². The van der Waals surface area contributed by atoms with E-state index in [2.05, 4.69) is 4.99 Å². The Morgan fingerprint density at radius 1 is 1.16 bits per heavy atom. The molecule has 2 heterocycles. The smallest absolute Gasteiger partial charge is 0.253 e. The van der Waals surface area contributed by atoms with Gasteiger partial charge in [0.15, 0.2) is 10.6 Å². The van der Waals surface area contributed by atoms with E-state index >= 15 is 0 Å². The van der Waals surface area contributed by atoms with Gasteiger partial charge in [-0.2, -0.15) is 0 Å². The van der Waals surface area contributed by atoms with Crippen LogP contribution in [0.25, 0.3) is 0 Å². The molecule has 3 rings (SSSR count). The van der Waals surface area contributed by atoms with Crippen LogP contribution in [0.5, 0.6) is 0 Å². The Kier molecular flexibility index (Phi) is 5.18. The Bertz CT molecular complexity index is 856. The molecule has 6 heteroatoms. The molecule has 1 aromatic heterocycles. The first-order valence-electron chi connectivity index (χ1n) is 8.66. The van der Waals surface area contributed by atoms with Crippen LogP contribution in [-0.4, -0.2) is 34.2 Å². The highest BCUT2D eigenvalue weighted by molar-refractivity contribution is 7.11. The van der Waals surface area contributed by atoms with Gasteiger partial charge in [-0.05, 0) is 51.0 Å². The molecule has 1 aliphatic rings. The Labute approximate surface area is 151 Å². The lowest BCUT2D eigenvalue weighted by molar-refractivity contribution is 0.0792. The van der Waals surface area contributed by atoms with Crippen LogP contribution in [0.15, 0.2) is 29.3 Å². The zero-order valence-electron chi connectivity index (χ0n) is 14.9. The number of rotatable bonds is 4. The molecule has 1 amide bonds. The van der Waals surface area contributed by atoms with Gasteiger partial charge in [0.1, 0.15) is 0 Å². The van der Waals surface area contributed by atoms with E-state index in [4.69, 9.17) is 0 Å². The largest absolute Gasteiger partial charge is 0.339 e. The number of benzene rings is 1. The molecule has 132 valence electrons. The van der Waals surface area contributed by atoms with Gasteiger partial charge < -0.3 is 9.47 Å². The molecule has 0 bridgehead atoms. The van der Waals surface area contributed by atoms with E-state index in [-0.39, 0.29) is 11.7 Å². The maximum Gasteiger partial charge on any atom is 0.253 e. The van der Waals surface area contributed by atoms with E-state index in [9.17, 15) is 9.59 Å². The van der Waals surface area contributed by atoms with Gasteiger partial charge in [-0.25, -0.2) is 4.99 Å². The Morgan fingerprint density at radius 3 is 2.36 bits per heavy atom. The van der Waals surface area contributed by atoms with Crippen LogP contribution in [-0.2, 0) is 6.54 Å². The highest BCUT2D eigenvalue weighted by Gasteiger charge is 2.19. The van der Waals surface area contributed by atoms with Crippen molar-refractivity contribution in [3.8, 4) is 0 Å². The number of carbonyl (C=O) groups is 2. The van der Waals surface area contributed by atoms with E-state index in [1.54, 1.807) is 6.92 Å². The molecule has 0 aliphatic carbocycles. The summed E-state index contributed by atoms with van der Waals surface area (Å²) in [4.78, 5) is 32.3. The van der Waals surface area contributed by atoms with Crippen LogP contribution < -0.4 is 4.80 Å². The number of likely N-dealkylation sites (tertiary alicyclic amines) is 1. The van der Waals surface area contributed by atoms with Crippen molar-refractivity contribution < 1.29 is 9.59 Å². The molecule has 0 radical (unpaired) electrons. The first-order chi connectivity index (χ1) is 12.0. The summed E-state index contributed by atoms with van der Waals surface area (Å²) in [6.07, 6.45) is 2.18. The van der Waals surface area contributed by atoms with Crippen molar-refractivity contribution in [3.63, 3.8) is 0 Å². The number of hydrogen-bond acceptors (Lipinski definition) is 4. The fourth-order valence-corrected chi connectivity index (χ4v) is 4.27. The summed E-state index contributed by atoms with van der Waals surface area (Å²) in [7, 11) is 0. The van der Waals surface area contributed by atoms with Crippen LogP contribution >= 0.6 is 11.3 Å². The Hall–Kier alpha value is -2.21. The molecule has 0 atom stereocenters. The lowest BCUT2D eigenvalue weighted by Crippen LogP contribution is -2.27. The third-order valence-electron chi connectivity index (χ3n) is 4.53. The average Bonchev–Trinajstić information content (AvgIpc) is 3.23.